The summed E-state index contributed by atoms with van der Waals surface area (Å²) in [5, 5.41) is 0. The van der Waals surface area contributed by atoms with Gasteiger partial charge in [0.2, 0.25) is 0 Å². The average Bonchev–Trinajstić information content (AvgIpc) is 2.48. The third-order valence-corrected chi connectivity index (χ3v) is 4.46. The summed E-state index contributed by atoms with van der Waals surface area (Å²) < 4.78 is 11.5. The van der Waals surface area contributed by atoms with Crippen LogP contribution >= 0.6 is 0 Å². The molecule has 3 heterocycles. The van der Waals surface area contributed by atoms with Gasteiger partial charge in [0.15, 0.2) is 0 Å². The SMILES string of the molecule is CCCN1C[C@H]2OC[C@@H]1C[C@H]2c1ccccc1OC. The fraction of sp³-hybridized carbons (Fsp3) is 0.625. The first-order chi connectivity index (χ1) is 9.33. The van der Waals surface area contributed by atoms with E-state index in [1.54, 1.807) is 7.11 Å². The van der Waals surface area contributed by atoms with Gasteiger partial charge in [-0.25, -0.2) is 0 Å². The van der Waals surface area contributed by atoms with E-state index in [1.165, 1.54) is 24.9 Å². The molecule has 104 valence electrons. The fourth-order valence-electron chi connectivity index (χ4n) is 3.54. The van der Waals surface area contributed by atoms with Gasteiger partial charge in [-0.05, 0) is 31.0 Å². The molecular weight excluding hydrogens is 238 g/mol. The summed E-state index contributed by atoms with van der Waals surface area (Å²) in [4.78, 5) is 2.60. The monoisotopic (exact) mass is 261 g/mol. The number of methoxy groups -OCH3 is 1. The van der Waals surface area contributed by atoms with Crippen molar-refractivity contribution in [1.29, 1.82) is 0 Å². The van der Waals surface area contributed by atoms with Crippen molar-refractivity contribution < 1.29 is 9.47 Å². The number of rotatable bonds is 4. The van der Waals surface area contributed by atoms with E-state index in [0.717, 1.165) is 18.9 Å². The van der Waals surface area contributed by atoms with E-state index >= 15 is 0 Å². The van der Waals surface area contributed by atoms with E-state index < -0.39 is 0 Å². The molecule has 3 aliphatic heterocycles. The fourth-order valence-corrected chi connectivity index (χ4v) is 3.54. The van der Waals surface area contributed by atoms with Crippen LogP contribution in [-0.2, 0) is 4.74 Å². The van der Waals surface area contributed by atoms with Gasteiger partial charge >= 0.3 is 0 Å². The summed E-state index contributed by atoms with van der Waals surface area (Å²) >= 11 is 0. The molecule has 3 atom stereocenters. The zero-order valence-corrected chi connectivity index (χ0v) is 11.8. The Labute approximate surface area is 115 Å². The molecule has 3 saturated heterocycles. The van der Waals surface area contributed by atoms with E-state index in [9.17, 15) is 0 Å². The second kappa shape index (κ2) is 5.51. The Bertz CT molecular complexity index is 435. The Kier molecular flexibility index (Phi) is 3.76. The first kappa shape index (κ1) is 12.9. The molecule has 0 spiro atoms. The van der Waals surface area contributed by atoms with Gasteiger partial charge in [0.05, 0.1) is 19.8 Å². The molecule has 3 aliphatic rings. The third-order valence-electron chi connectivity index (χ3n) is 4.46. The van der Waals surface area contributed by atoms with Crippen LogP contribution in [0.3, 0.4) is 0 Å². The summed E-state index contributed by atoms with van der Waals surface area (Å²) in [6, 6.07) is 8.97. The van der Waals surface area contributed by atoms with Gasteiger partial charge in [0.25, 0.3) is 0 Å². The smallest absolute Gasteiger partial charge is 0.122 e. The maximum Gasteiger partial charge on any atom is 0.122 e. The Morgan fingerprint density at radius 3 is 2.89 bits per heavy atom. The van der Waals surface area contributed by atoms with Crippen LogP contribution in [0.2, 0.25) is 0 Å². The predicted octanol–water partition coefficient (Wildman–Crippen LogP) is 2.66. The van der Waals surface area contributed by atoms with Gasteiger partial charge in [-0.3, -0.25) is 4.90 Å². The van der Waals surface area contributed by atoms with Crippen molar-refractivity contribution in [3.05, 3.63) is 29.8 Å². The van der Waals surface area contributed by atoms with Crippen molar-refractivity contribution in [3.63, 3.8) is 0 Å². The van der Waals surface area contributed by atoms with Crippen LogP contribution in [0.15, 0.2) is 24.3 Å². The van der Waals surface area contributed by atoms with Crippen LogP contribution in [0.1, 0.15) is 31.2 Å². The van der Waals surface area contributed by atoms with Crippen molar-refractivity contribution in [1.82, 2.24) is 4.90 Å². The molecule has 1 aromatic carbocycles. The summed E-state index contributed by atoms with van der Waals surface area (Å²) in [5.74, 6) is 1.49. The topological polar surface area (TPSA) is 21.7 Å². The molecule has 0 amide bonds. The predicted molar refractivity (Wildman–Crippen MR) is 75.7 cm³/mol. The van der Waals surface area contributed by atoms with Gasteiger partial charge in [-0.1, -0.05) is 25.1 Å². The van der Waals surface area contributed by atoms with Crippen LogP contribution in [-0.4, -0.2) is 43.9 Å². The lowest BCUT2D eigenvalue weighted by atomic mass is 9.80. The maximum atomic E-state index is 6.02. The zero-order valence-electron chi connectivity index (χ0n) is 11.8. The minimum Gasteiger partial charge on any atom is -0.496 e. The second-order valence-corrected chi connectivity index (χ2v) is 5.60. The molecule has 0 unspecified atom stereocenters. The van der Waals surface area contributed by atoms with Crippen molar-refractivity contribution >= 4 is 0 Å². The van der Waals surface area contributed by atoms with E-state index in [-0.39, 0.29) is 0 Å². The van der Waals surface area contributed by atoms with E-state index in [1.807, 2.05) is 6.07 Å². The van der Waals surface area contributed by atoms with Crippen molar-refractivity contribution in [2.75, 3.05) is 26.8 Å². The van der Waals surface area contributed by atoms with Gasteiger partial charge in [-0.15, -0.1) is 0 Å². The van der Waals surface area contributed by atoms with Crippen molar-refractivity contribution in [2.45, 2.75) is 37.8 Å². The maximum absolute atomic E-state index is 6.02. The van der Waals surface area contributed by atoms with E-state index in [2.05, 4.69) is 30.0 Å². The van der Waals surface area contributed by atoms with Gasteiger partial charge in [-0.2, -0.15) is 0 Å². The number of ether oxygens (including phenoxy) is 2. The van der Waals surface area contributed by atoms with Crippen LogP contribution in [0.4, 0.5) is 0 Å². The highest BCUT2D eigenvalue weighted by molar-refractivity contribution is 5.37. The molecule has 1 aromatic rings. The summed E-state index contributed by atoms with van der Waals surface area (Å²) in [5.41, 5.74) is 1.32. The molecule has 3 nitrogen and oxygen atoms in total. The highest BCUT2D eigenvalue weighted by atomic mass is 16.5. The number of benzene rings is 1. The largest absolute Gasteiger partial charge is 0.496 e. The Morgan fingerprint density at radius 2 is 2.21 bits per heavy atom. The molecule has 4 rings (SSSR count). The van der Waals surface area contributed by atoms with Gasteiger partial charge in [0.1, 0.15) is 5.75 Å². The molecular formula is C16H23NO2. The van der Waals surface area contributed by atoms with E-state index in [0.29, 0.717) is 18.1 Å². The Morgan fingerprint density at radius 1 is 1.37 bits per heavy atom. The van der Waals surface area contributed by atoms with Crippen molar-refractivity contribution in [3.8, 4) is 5.75 Å². The average molecular weight is 261 g/mol. The number of morpholine rings is 1. The number of para-hydroxylation sites is 1. The molecule has 3 heteroatoms. The minimum atomic E-state index is 0.327. The van der Waals surface area contributed by atoms with Crippen LogP contribution < -0.4 is 4.74 Å². The van der Waals surface area contributed by atoms with Gasteiger partial charge < -0.3 is 9.47 Å². The third kappa shape index (κ3) is 2.37. The summed E-state index contributed by atoms with van der Waals surface area (Å²) in [6.07, 6.45) is 2.75. The molecule has 0 aromatic heterocycles. The van der Waals surface area contributed by atoms with Crippen LogP contribution in [0.25, 0.3) is 0 Å². The lowest BCUT2D eigenvalue weighted by Gasteiger charge is -2.49. The second-order valence-electron chi connectivity index (χ2n) is 5.60. The number of piperidine rings is 1. The first-order valence-electron chi connectivity index (χ1n) is 7.32. The normalized spacial score (nSPS) is 30.5. The summed E-state index contributed by atoms with van der Waals surface area (Å²) in [7, 11) is 1.75. The number of hydrogen-bond donors (Lipinski definition) is 0. The Hall–Kier alpha value is -1.06. The van der Waals surface area contributed by atoms with Crippen molar-refractivity contribution in [2.24, 2.45) is 0 Å². The van der Waals surface area contributed by atoms with E-state index in [4.69, 9.17) is 9.47 Å². The van der Waals surface area contributed by atoms with Crippen LogP contribution in [0, 0.1) is 0 Å². The summed E-state index contributed by atoms with van der Waals surface area (Å²) in [6.45, 7) is 5.42. The highest BCUT2D eigenvalue weighted by Gasteiger charge is 2.42. The molecule has 0 radical (unpaired) electrons. The minimum absolute atomic E-state index is 0.327. The molecule has 0 aliphatic carbocycles. The highest BCUT2D eigenvalue weighted by Crippen LogP contribution is 2.41. The zero-order chi connectivity index (χ0) is 13.2. The lowest BCUT2D eigenvalue weighted by molar-refractivity contribution is -0.118. The number of hydrogen-bond acceptors (Lipinski definition) is 3. The number of nitrogens with zero attached hydrogens (tertiary/aromatic N) is 1. The number of fused-ring (bicyclic) bond motifs is 3. The lowest BCUT2D eigenvalue weighted by Crippen LogP contribution is -2.57. The molecule has 3 fully saturated rings. The molecule has 19 heavy (non-hydrogen) atoms. The quantitative estimate of drug-likeness (QED) is 0.831. The molecule has 2 bridgehead atoms. The van der Waals surface area contributed by atoms with Crippen LogP contribution in [0.5, 0.6) is 5.75 Å². The first-order valence-corrected chi connectivity index (χ1v) is 7.32. The standard InChI is InChI=1S/C16H23NO2/c1-3-8-17-10-16-14(9-12(17)11-19-16)13-6-4-5-7-15(13)18-2/h4-7,12,14,16H,3,8-11H2,1-2H3/t12-,14-,16+/m0/s1. The molecule has 0 N–H and O–H groups in total. The van der Waals surface area contributed by atoms with Gasteiger partial charge in [0, 0.05) is 18.5 Å². The Balaban J connectivity index is 1.81. The molecule has 0 saturated carbocycles.